The predicted octanol–water partition coefficient (Wildman–Crippen LogP) is 1.45. The maximum absolute atomic E-state index is 6.02. The molecule has 0 atom stereocenters. The summed E-state index contributed by atoms with van der Waals surface area (Å²) in [6.45, 7) is 3.20. The fourth-order valence-corrected chi connectivity index (χ4v) is 2.65. The van der Waals surface area contributed by atoms with Crippen LogP contribution in [0.5, 0.6) is 5.88 Å². The molecule has 2 rings (SSSR count). The Morgan fingerprint density at radius 3 is 2.63 bits per heavy atom. The number of nitrogens with zero attached hydrogens (tertiary/aromatic N) is 3. The summed E-state index contributed by atoms with van der Waals surface area (Å²) >= 11 is 0. The zero-order valence-electron chi connectivity index (χ0n) is 12.1. The van der Waals surface area contributed by atoms with Crippen molar-refractivity contribution in [3.63, 3.8) is 0 Å². The predicted molar refractivity (Wildman–Crippen MR) is 78.7 cm³/mol. The number of nitrogens with two attached hydrogens (primary N) is 1. The molecule has 0 bridgehead atoms. The Morgan fingerprint density at radius 2 is 2.05 bits per heavy atom. The van der Waals surface area contributed by atoms with Gasteiger partial charge in [0.05, 0.1) is 12.8 Å². The van der Waals surface area contributed by atoms with E-state index in [1.54, 1.807) is 13.2 Å². The van der Waals surface area contributed by atoms with Crippen LogP contribution in [-0.2, 0) is 0 Å². The van der Waals surface area contributed by atoms with Crippen molar-refractivity contribution in [2.75, 3.05) is 51.5 Å². The van der Waals surface area contributed by atoms with Gasteiger partial charge in [0.1, 0.15) is 0 Å². The molecule has 5 nitrogen and oxygen atoms in total. The zero-order valence-corrected chi connectivity index (χ0v) is 12.1. The number of rotatable bonds is 4. The Hall–Kier alpha value is -1.49. The van der Waals surface area contributed by atoms with Gasteiger partial charge in [0.15, 0.2) is 5.82 Å². The van der Waals surface area contributed by atoms with Crippen LogP contribution in [0.15, 0.2) is 12.1 Å². The van der Waals surface area contributed by atoms with Crippen LogP contribution in [0, 0.1) is 5.92 Å². The molecule has 1 aliphatic heterocycles. The smallest absolute Gasteiger partial charge is 0.215 e. The molecule has 19 heavy (non-hydrogen) atoms. The molecule has 106 valence electrons. The van der Waals surface area contributed by atoms with Gasteiger partial charge in [0, 0.05) is 25.7 Å². The minimum absolute atomic E-state index is 0.625. The van der Waals surface area contributed by atoms with E-state index >= 15 is 0 Å². The maximum atomic E-state index is 6.02. The van der Waals surface area contributed by atoms with Crippen LogP contribution < -0.4 is 15.4 Å². The molecule has 2 N–H and O–H groups in total. The minimum atomic E-state index is 0.625. The van der Waals surface area contributed by atoms with Gasteiger partial charge < -0.3 is 20.3 Å². The van der Waals surface area contributed by atoms with Crippen molar-refractivity contribution in [2.45, 2.75) is 12.8 Å². The van der Waals surface area contributed by atoms with Crippen molar-refractivity contribution < 1.29 is 4.74 Å². The van der Waals surface area contributed by atoms with Crippen molar-refractivity contribution in [3.05, 3.63) is 12.1 Å². The van der Waals surface area contributed by atoms with Crippen LogP contribution in [0.4, 0.5) is 11.5 Å². The summed E-state index contributed by atoms with van der Waals surface area (Å²) in [5.74, 6) is 2.26. The van der Waals surface area contributed by atoms with Gasteiger partial charge >= 0.3 is 0 Å². The number of hydrogen-bond donors (Lipinski definition) is 1. The largest absolute Gasteiger partial charge is 0.481 e. The summed E-state index contributed by atoms with van der Waals surface area (Å²) in [4.78, 5) is 9.00. The number of aromatic nitrogens is 1. The Labute approximate surface area is 115 Å². The molecule has 0 radical (unpaired) electrons. The first-order valence-electron chi connectivity index (χ1n) is 6.80. The third kappa shape index (κ3) is 3.50. The summed E-state index contributed by atoms with van der Waals surface area (Å²) in [5, 5.41) is 0. The van der Waals surface area contributed by atoms with Crippen LogP contribution >= 0.6 is 0 Å². The standard InChI is InChI=1S/C14H24N4O/c1-17(2)10-11-6-8-18(9-7-11)14-12(15)4-5-13(16-14)19-3/h4-5,11H,6-10,15H2,1-3H3. The minimum Gasteiger partial charge on any atom is -0.481 e. The highest BCUT2D eigenvalue weighted by atomic mass is 16.5. The van der Waals surface area contributed by atoms with Gasteiger partial charge in [0.2, 0.25) is 5.88 Å². The van der Waals surface area contributed by atoms with E-state index in [4.69, 9.17) is 10.5 Å². The lowest BCUT2D eigenvalue weighted by Gasteiger charge is -2.34. The quantitative estimate of drug-likeness (QED) is 0.892. The van der Waals surface area contributed by atoms with Gasteiger partial charge in [-0.1, -0.05) is 0 Å². The van der Waals surface area contributed by atoms with E-state index < -0.39 is 0 Å². The van der Waals surface area contributed by atoms with E-state index in [1.165, 1.54) is 12.8 Å². The normalized spacial score (nSPS) is 16.9. The second-order valence-electron chi connectivity index (χ2n) is 5.46. The van der Waals surface area contributed by atoms with Crippen molar-refractivity contribution in [1.82, 2.24) is 9.88 Å². The molecule has 1 aromatic heterocycles. The van der Waals surface area contributed by atoms with Crippen LogP contribution in [0.3, 0.4) is 0 Å². The summed E-state index contributed by atoms with van der Waals surface area (Å²) < 4.78 is 5.17. The second kappa shape index (κ2) is 6.10. The molecule has 1 fully saturated rings. The summed E-state index contributed by atoms with van der Waals surface area (Å²) in [6.07, 6.45) is 2.38. The average Bonchev–Trinajstić information content (AvgIpc) is 2.40. The lowest BCUT2D eigenvalue weighted by molar-refractivity contribution is 0.284. The third-order valence-electron chi connectivity index (χ3n) is 3.63. The number of hydrogen-bond acceptors (Lipinski definition) is 5. The first-order chi connectivity index (χ1) is 9.10. The number of nitrogen functional groups attached to an aromatic ring is 1. The molecule has 1 saturated heterocycles. The van der Waals surface area contributed by atoms with Gasteiger partial charge in [-0.15, -0.1) is 0 Å². The molecule has 0 unspecified atom stereocenters. The van der Waals surface area contributed by atoms with Crippen LogP contribution in [0.1, 0.15) is 12.8 Å². The summed E-state index contributed by atoms with van der Waals surface area (Å²) in [5.41, 5.74) is 6.75. The second-order valence-corrected chi connectivity index (χ2v) is 5.46. The third-order valence-corrected chi connectivity index (χ3v) is 3.63. The molecule has 0 aliphatic carbocycles. The molecule has 0 aromatic carbocycles. The van der Waals surface area contributed by atoms with Crippen molar-refractivity contribution in [2.24, 2.45) is 5.92 Å². The number of ether oxygens (including phenoxy) is 1. The van der Waals surface area contributed by atoms with Crippen molar-refractivity contribution in [3.8, 4) is 5.88 Å². The topological polar surface area (TPSA) is 54.6 Å². The van der Waals surface area contributed by atoms with Crippen LogP contribution in [-0.4, -0.2) is 50.7 Å². The van der Waals surface area contributed by atoms with E-state index in [9.17, 15) is 0 Å². The van der Waals surface area contributed by atoms with Gasteiger partial charge in [0.25, 0.3) is 0 Å². The highest BCUT2D eigenvalue weighted by Crippen LogP contribution is 2.28. The molecule has 5 heteroatoms. The summed E-state index contributed by atoms with van der Waals surface area (Å²) in [7, 11) is 5.90. The van der Waals surface area contributed by atoms with E-state index in [2.05, 4.69) is 28.9 Å². The van der Waals surface area contributed by atoms with E-state index in [-0.39, 0.29) is 0 Å². The lowest BCUT2D eigenvalue weighted by Crippen LogP contribution is -2.37. The SMILES string of the molecule is COc1ccc(N)c(N2CCC(CN(C)C)CC2)n1. The Morgan fingerprint density at radius 1 is 1.37 bits per heavy atom. The Kier molecular flexibility index (Phi) is 4.47. The Balaban J connectivity index is 2.01. The molecule has 0 spiro atoms. The molecule has 0 amide bonds. The number of piperidine rings is 1. The van der Waals surface area contributed by atoms with Gasteiger partial charge in [-0.3, -0.25) is 0 Å². The molecular formula is C14H24N4O. The number of pyridine rings is 1. The fourth-order valence-electron chi connectivity index (χ4n) is 2.65. The number of anilines is 2. The molecule has 2 heterocycles. The van der Waals surface area contributed by atoms with Crippen LogP contribution in [0.25, 0.3) is 0 Å². The highest BCUT2D eigenvalue weighted by molar-refractivity contribution is 5.63. The number of methoxy groups -OCH3 is 1. The highest BCUT2D eigenvalue weighted by Gasteiger charge is 2.22. The van der Waals surface area contributed by atoms with Crippen molar-refractivity contribution >= 4 is 11.5 Å². The van der Waals surface area contributed by atoms with Crippen LogP contribution in [0.2, 0.25) is 0 Å². The first kappa shape index (κ1) is 13.9. The lowest BCUT2D eigenvalue weighted by atomic mass is 9.96. The zero-order chi connectivity index (χ0) is 13.8. The fraction of sp³-hybridized carbons (Fsp3) is 0.643. The average molecular weight is 264 g/mol. The molecule has 1 aliphatic rings. The Bertz CT molecular complexity index is 414. The van der Waals surface area contributed by atoms with E-state index in [1.807, 2.05) is 6.07 Å². The monoisotopic (exact) mass is 264 g/mol. The van der Waals surface area contributed by atoms with Gasteiger partial charge in [-0.2, -0.15) is 4.98 Å². The first-order valence-corrected chi connectivity index (χ1v) is 6.80. The van der Waals surface area contributed by atoms with E-state index in [0.717, 1.165) is 37.1 Å². The van der Waals surface area contributed by atoms with Gasteiger partial charge in [-0.25, -0.2) is 0 Å². The maximum Gasteiger partial charge on any atom is 0.215 e. The van der Waals surface area contributed by atoms with Gasteiger partial charge in [-0.05, 0) is 38.9 Å². The van der Waals surface area contributed by atoms with Crippen molar-refractivity contribution in [1.29, 1.82) is 0 Å². The molecular weight excluding hydrogens is 240 g/mol. The summed E-state index contributed by atoms with van der Waals surface area (Å²) in [6, 6.07) is 3.67. The van der Waals surface area contributed by atoms with E-state index in [0.29, 0.717) is 5.88 Å². The molecule has 0 saturated carbocycles. The molecule has 1 aromatic rings.